The van der Waals surface area contributed by atoms with Crippen molar-refractivity contribution < 1.29 is 13.5 Å². The van der Waals surface area contributed by atoms with E-state index in [4.69, 9.17) is 24.7 Å². The van der Waals surface area contributed by atoms with Crippen LogP contribution < -0.4 is 10.6 Å². The number of nitrogens with one attached hydrogen (secondary N) is 2. The van der Waals surface area contributed by atoms with Crippen molar-refractivity contribution >= 4 is 11.9 Å². The number of ether oxygens (including phenoxy) is 1. The maximum Gasteiger partial charge on any atom is 0.223 e. The molecular formula is C55H54F2N12O. The van der Waals surface area contributed by atoms with Crippen LogP contribution in [-0.2, 0) is 11.3 Å². The standard InChI is InChI=1S/C55H54F2N12O/c1-37(64-55-61-25-21-48(66-55)52-50(41-9-15-45(56)16-10-41)62-35-68(52)34-39-6-2-5-38(31-39)33-58)43-7-3-8-44(32-43)40-13-19-47(20-14-40)69-36-63-51(42-11-17-46(57)18-12-42)53(69)49-22-24-60-54(65-49)59-23-4-26-67-27-29-70-30-28-67/h2-3,5-12,15-18,21-22,24-25,31-32,35-37,40,47H,4,13-14,19-20,23,26-30,34H2,1H3,(H,59,60,65)(H,61,64,66)/t37-,40?,47?/m0/s1. The Morgan fingerprint density at radius 2 is 1.39 bits per heavy atom. The summed E-state index contributed by atoms with van der Waals surface area (Å²) in [5, 5.41) is 16.5. The van der Waals surface area contributed by atoms with Crippen molar-refractivity contribution in [2.24, 2.45) is 0 Å². The molecule has 0 bridgehead atoms. The zero-order chi connectivity index (χ0) is 47.8. The lowest BCUT2D eigenvalue weighted by Crippen LogP contribution is -2.37. The van der Waals surface area contributed by atoms with Crippen molar-refractivity contribution in [2.75, 3.05) is 50.0 Å². The predicted molar refractivity (Wildman–Crippen MR) is 267 cm³/mol. The highest BCUT2D eigenvalue weighted by atomic mass is 19.1. The summed E-state index contributed by atoms with van der Waals surface area (Å²) in [6, 6.07) is 35.2. The van der Waals surface area contributed by atoms with Crippen molar-refractivity contribution in [1.82, 2.24) is 43.9 Å². The van der Waals surface area contributed by atoms with Gasteiger partial charge in [0.25, 0.3) is 0 Å². The Morgan fingerprint density at radius 3 is 2.11 bits per heavy atom. The third-order valence-corrected chi connectivity index (χ3v) is 13.4. The molecule has 15 heteroatoms. The molecule has 0 unspecified atom stereocenters. The number of hydrogen-bond acceptors (Lipinski definition) is 11. The van der Waals surface area contributed by atoms with Crippen LogP contribution in [0.3, 0.4) is 0 Å². The molecule has 1 aliphatic carbocycles. The molecule has 1 saturated carbocycles. The maximum atomic E-state index is 14.1. The number of benzene rings is 4. The van der Waals surface area contributed by atoms with Crippen molar-refractivity contribution in [1.29, 1.82) is 5.26 Å². The molecule has 354 valence electrons. The monoisotopic (exact) mass is 936 g/mol. The summed E-state index contributed by atoms with van der Waals surface area (Å²) in [5.74, 6) is 0.791. The zero-order valence-electron chi connectivity index (χ0n) is 39.1. The second-order valence-electron chi connectivity index (χ2n) is 18.1. The number of hydrogen-bond donors (Lipinski definition) is 2. The van der Waals surface area contributed by atoms with Gasteiger partial charge < -0.3 is 24.5 Å². The molecule has 10 rings (SSSR count). The zero-order valence-corrected chi connectivity index (χ0v) is 39.1. The largest absolute Gasteiger partial charge is 0.379 e. The van der Waals surface area contributed by atoms with Gasteiger partial charge in [0.15, 0.2) is 0 Å². The lowest BCUT2D eigenvalue weighted by Gasteiger charge is -2.31. The Morgan fingerprint density at radius 1 is 0.729 bits per heavy atom. The van der Waals surface area contributed by atoms with E-state index in [2.05, 4.69) is 67.3 Å². The van der Waals surface area contributed by atoms with Crippen LogP contribution in [0.1, 0.15) is 79.3 Å². The normalized spacial score (nSPS) is 16.7. The molecule has 1 aliphatic heterocycles. The third-order valence-electron chi connectivity index (χ3n) is 13.4. The predicted octanol–water partition coefficient (Wildman–Crippen LogP) is 10.7. The van der Waals surface area contributed by atoms with E-state index in [1.165, 1.54) is 29.8 Å². The fourth-order valence-corrected chi connectivity index (χ4v) is 9.75. The average molecular weight is 937 g/mol. The maximum absolute atomic E-state index is 14.1. The molecular weight excluding hydrogens is 883 g/mol. The summed E-state index contributed by atoms with van der Waals surface area (Å²) in [6.07, 6.45) is 12.1. The number of anilines is 2. The number of aromatic nitrogens is 8. The number of nitriles is 1. The second-order valence-corrected chi connectivity index (χ2v) is 18.1. The van der Waals surface area contributed by atoms with E-state index in [-0.39, 0.29) is 23.7 Å². The van der Waals surface area contributed by atoms with Gasteiger partial charge in [0.1, 0.15) is 11.6 Å². The first kappa shape index (κ1) is 46.1. The van der Waals surface area contributed by atoms with Crippen LogP contribution in [0.2, 0.25) is 0 Å². The lowest BCUT2D eigenvalue weighted by molar-refractivity contribution is 0.0378. The summed E-state index contributed by atoms with van der Waals surface area (Å²) in [6.45, 7) is 7.80. The van der Waals surface area contributed by atoms with Crippen LogP contribution in [-0.4, -0.2) is 83.3 Å². The van der Waals surface area contributed by atoms with Crippen LogP contribution in [0.4, 0.5) is 20.7 Å². The van der Waals surface area contributed by atoms with Crippen molar-refractivity contribution in [2.45, 2.75) is 63.6 Å². The van der Waals surface area contributed by atoms with Crippen LogP contribution in [0.15, 0.2) is 134 Å². The Balaban J connectivity index is 0.839. The molecule has 1 saturated heterocycles. The number of nitrogens with zero attached hydrogens (tertiary/aromatic N) is 10. The van der Waals surface area contributed by atoms with Crippen LogP contribution >= 0.6 is 0 Å². The molecule has 13 nitrogen and oxygen atoms in total. The van der Waals surface area contributed by atoms with Crippen LogP contribution in [0, 0.1) is 23.0 Å². The van der Waals surface area contributed by atoms with E-state index in [1.54, 1.807) is 49.1 Å². The summed E-state index contributed by atoms with van der Waals surface area (Å²) >= 11 is 0. The van der Waals surface area contributed by atoms with E-state index in [0.29, 0.717) is 41.3 Å². The first-order valence-electron chi connectivity index (χ1n) is 24.1. The Hall–Kier alpha value is -7.67. The van der Waals surface area contributed by atoms with Crippen molar-refractivity contribution in [3.05, 3.63) is 168 Å². The molecule has 0 radical (unpaired) electrons. The minimum absolute atomic E-state index is 0.114. The molecule has 0 amide bonds. The van der Waals surface area contributed by atoms with Gasteiger partial charge in [-0.15, -0.1) is 0 Å². The highest BCUT2D eigenvalue weighted by molar-refractivity contribution is 5.78. The lowest BCUT2D eigenvalue weighted by atomic mass is 9.81. The van der Waals surface area contributed by atoms with Crippen molar-refractivity contribution in [3.8, 4) is 51.4 Å². The summed E-state index contributed by atoms with van der Waals surface area (Å²) in [4.78, 5) is 31.3. The second kappa shape index (κ2) is 21.3. The molecule has 1 atom stereocenters. The molecule has 5 heterocycles. The van der Waals surface area contributed by atoms with Gasteiger partial charge in [-0.1, -0.05) is 36.4 Å². The third kappa shape index (κ3) is 10.6. The minimum Gasteiger partial charge on any atom is -0.379 e. The van der Waals surface area contributed by atoms with E-state index in [9.17, 15) is 14.0 Å². The number of morpholine rings is 1. The summed E-state index contributed by atoms with van der Waals surface area (Å²) in [7, 11) is 0. The quantitative estimate of drug-likeness (QED) is 0.0892. The van der Waals surface area contributed by atoms with E-state index < -0.39 is 0 Å². The molecule has 70 heavy (non-hydrogen) atoms. The van der Waals surface area contributed by atoms with E-state index in [0.717, 1.165) is 117 Å². The Labute approximate surface area is 406 Å². The number of rotatable bonds is 16. The fraction of sp³-hybridized carbons (Fsp3) is 0.291. The van der Waals surface area contributed by atoms with Crippen molar-refractivity contribution in [3.63, 3.8) is 0 Å². The SMILES string of the molecule is C[C@H](Nc1nccc(-c2c(-c3ccc(F)cc3)ncn2Cc2cccc(C#N)c2)n1)c1cccc(C2CCC(n3cnc(-c4ccc(F)cc4)c3-c3ccnc(NCCCN4CCOCC4)n3)CC2)c1. The highest BCUT2D eigenvalue weighted by Gasteiger charge is 2.28. The van der Waals surface area contributed by atoms with Gasteiger partial charge >= 0.3 is 0 Å². The topological polar surface area (TPSA) is 148 Å². The average Bonchev–Trinajstić information content (AvgIpc) is 4.04. The molecule has 2 aliphatic rings. The first-order valence-corrected chi connectivity index (χ1v) is 24.1. The summed E-state index contributed by atoms with van der Waals surface area (Å²) in [5.41, 5.74) is 10.0. The van der Waals surface area contributed by atoms with Gasteiger partial charge in [0.2, 0.25) is 11.9 Å². The van der Waals surface area contributed by atoms with Crippen LogP contribution in [0.25, 0.3) is 45.3 Å². The van der Waals surface area contributed by atoms with Gasteiger partial charge in [0, 0.05) is 55.7 Å². The first-order chi connectivity index (χ1) is 34.3. The molecule has 0 spiro atoms. The van der Waals surface area contributed by atoms with Gasteiger partial charge in [-0.05, 0) is 141 Å². The molecule has 4 aromatic carbocycles. The highest BCUT2D eigenvalue weighted by Crippen LogP contribution is 2.42. The number of imidazole rings is 2. The van der Waals surface area contributed by atoms with Crippen LogP contribution in [0.5, 0.6) is 0 Å². The molecule has 2 N–H and O–H groups in total. The molecule has 8 aromatic rings. The minimum atomic E-state index is -0.327. The Kier molecular flexibility index (Phi) is 14.0. The van der Waals surface area contributed by atoms with Gasteiger partial charge in [-0.3, -0.25) is 4.90 Å². The van der Waals surface area contributed by atoms with E-state index in [1.807, 2.05) is 41.2 Å². The van der Waals surface area contributed by atoms with Gasteiger partial charge in [-0.2, -0.15) is 5.26 Å². The molecule has 4 aromatic heterocycles. The Bertz CT molecular complexity index is 3080. The van der Waals surface area contributed by atoms with E-state index >= 15 is 0 Å². The van der Waals surface area contributed by atoms with Gasteiger partial charge in [0.05, 0.1) is 77.7 Å². The fourth-order valence-electron chi connectivity index (χ4n) is 9.75. The summed E-state index contributed by atoms with van der Waals surface area (Å²) < 4.78 is 37.9. The molecule has 2 fully saturated rings. The smallest absolute Gasteiger partial charge is 0.223 e. The van der Waals surface area contributed by atoms with Gasteiger partial charge in [-0.25, -0.2) is 38.7 Å². The number of halogens is 2.